The molecule has 0 aromatic carbocycles. The van der Waals surface area contributed by atoms with Crippen molar-refractivity contribution in [2.24, 2.45) is 0 Å². The van der Waals surface area contributed by atoms with E-state index in [4.69, 9.17) is 4.74 Å². The number of nitrogens with zero attached hydrogens (tertiary/aromatic N) is 2. The maximum Gasteiger partial charge on any atom is 0.116 e. The molecular formula is C7H6N2O. The molecule has 0 fully saturated rings. The summed E-state index contributed by atoms with van der Waals surface area (Å²) in [5.74, 6) is 0. The fraction of sp³-hybridized carbons (Fsp3) is 0.143. The minimum Gasteiger partial charge on any atom is -0.496 e. The first-order valence-electron chi connectivity index (χ1n) is 3.04. The third kappa shape index (κ3) is 0.757. The Morgan fingerprint density at radius 1 is 1.50 bits per heavy atom. The predicted octanol–water partition coefficient (Wildman–Crippen LogP) is 0.977. The number of fused-ring (bicyclic) bond motifs is 1. The van der Waals surface area contributed by atoms with Crippen LogP contribution >= 0.6 is 0 Å². The zero-order valence-electron chi connectivity index (χ0n) is 5.32. The third-order valence-electron chi connectivity index (χ3n) is 1.38. The second-order valence-corrected chi connectivity index (χ2v) is 2.05. The Morgan fingerprint density at radius 3 is 3.40 bits per heavy atom. The first-order chi connectivity index (χ1) is 4.97. The molecule has 0 amide bonds. The van der Waals surface area contributed by atoms with E-state index in [0.717, 1.165) is 11.3 Å². The van der Waals surface area contributed by atoms with Gasteiger partial charge in [0.1, 0.15) is 12.9 Å². The molecule has 3 nitrogen and oxygen atoms in total. The Balaban J connectivity index is 2.54. The summed E-state index contributed by atoms with van der Waals surface area (Å²) in [6, 6.07) is 0. The van der Waals surface area contributed by atoms with Crippen molar-refractivity contribution in [2.45, 2.75) is 6.61 Å². The highest BCUT2D eigenvalue weighted by Gasteiger charge is 2.03. The molecule has 10 heavy (non-hydrogen) atoms. The summed E-state index contributed by atoms with van der Waals surface area (Å²) in [5.41, 5.74) is 2.01. The molecule has 1 aromatic rings. The van der Waals surface area contributed by atoms with Crippen LogP contribution in [0.4, 0.5) is 0 Å². The van der Waals surface area contributed by atoms with Gasteiger partial charge in [-0.05, 0) is 6.08 Å². The molecule has 0 atom stereocenters. The smallest absolute Gasteiger partial charge is 0.116 e. The molecule has 1 aromatic heterocycles. The van der Waals surface area contributed by atoms with E-state index in [9.17, 15) is 0 Å². The minimum atomic E-state index is 0.590. The molecular weight excluding hydrogens is 128 g/mol. The molecule has 2 rings (SSSR count). The lowest BCUT2D eigenvalue weighted by Crippen LogP contribution is -1.98. The van der Waals surface area contributed by atoms with Crippen molar-refractivity contribution in [3.63, 3.8) is 0 Å². The van der Waals surface area contributed by atoms with Crippen molar-refractivity contribution >= 4 is 6.08 Å². The van der Waals surface area contributed by atoms with E-state index in [0.29, 0.717) is 6.61 Å². The van der Waals surface area contributed by atoms with Crippen LogP contribution in [0.15, 0.2) is 18.8 Å². The lowest BCUT2D eigenvalue weighted by Gasteiger charge is -2.07. The van der Waals surface area contributed by atoms with Gasteiger partial charge in [-0.15, -0.1) is 0 Å². The van der Waals surface area contributed by atoms with Crippen LogP contribution in [0.1, 0.15) is 11.3 Å². The van der Waals surface area contributed by atoms with Crippen molar-refractivity contribution in [3.8, 4) is 0 Å². The van der Waals surface area contributed by atoms with E-state index < -0.39 is 0 Å². The van der Waals surface area contributed by atoms with Gasteiger partial charge in [0.15, 0.2) is 0 Å². The zero-order valence-corrected chi connectivity index (χ0v) is 5.32. The summed E-state index contributed by atoms with van der Waals surface area (Å²) < 4.78 is 5.04. The third-order valence-corrected chi connectivity index (χ3v) is 1.38. The second kappa shape index (κ2) is 2.10. The van der Waals surface area contributed by atoms with Crippen molar-refractivity contribution in [1.29, 1.82) is 0 Å². The molecule has 0 N–H and O–H groups in total. The Hall–Kier alpha value is -1.38. The monoisotopic (exact) mass is 134 g/mol. The summed E-state index contributed by atoms with van der Waals surface area (Å²) in [6.07, 6.45) is 6.79. The van der Waals surface area contributed by atoms with Crippen LogP contribution in [0, 0.1) is 0 Å². The predicted molar refractivity (Wildman–Crippen MR) is 35.9 cm³/mol. The summed E-state index contributed by atoms with van der Waals surface area (Å²) in [6.45, 7) is 0.590. The van der Waals surface area contributed by atoms with Crippen LogP contribution in [0.2, 0.25) is 0 Å². The molecule has 0 radical (unpaired) electrons. The van der Waals surface area contributed by atoms with Gasteiger partial charge in [0.25, 0.3) is 0 Å². The zero-order chi connectivity index (χ0) is 6.81. The first kappa shape index (κ1) is 5.41. The number of rotatable bonds is 0. The number of aromatic nitrogens is 2. The lowest BCUT2D eigenvalue weighted by molar-refractivity contribution is 0.233. The maximum atomic E-state index is 5.04. The van der Waals surface area contributed by atoms with E-state index in [-0.39, 0.29) is 0 Å². The van der Waals surface area contributed by atoms with E-state index in [1.54, 1.807) is 12.5 Å². The van der Waals surface area contributed by atoms with E-state index >= 15 is 0 Å². The number of hydrogen-bond acceptors (Lipinski definition) is 3. The highest BCUT2D eigenvalue weighted by molar-refractivity contribution is 5.48. The molecule has 0 unspecified atom stereocenters. The highest BCUT2D eigenvalue weighted by Crippen LogP contribution is 2.11. The molecule has 3 heteroatoms. The van der Waals surface area contributed by atoms with Crippen molar-refractivity contribution in [3.05, 3.63) is 30.0 Å². The molecule has 0 aliphatic carbocycles. The molecule has 1 aliphatic rings. The largest absolute Gasteiger partial charge is 0.496 e. The van der Waals surface area contributed by atoms with Gasteiger partial charge in [0.05, 0.1) is 12.0 Å². The van der Waals surface area contributed by atoms with E-state index in [2.05, 4.69) is 9.97 Å². The van der Waals surface area contributed by atoms with Crippen LogP contribution < -0.4 is 0 Å². The molecule has 0 saturated carbocycles. The SMILES string of the molecule is C1=Cc2ncncc2CO1. The van der Waals surface area contributed by atoms with Gasteiger partial charge >= 0.3 is 0 Å². The summed E-state index contributed by atoms with van der Waals surface area (Å²) in [5, 5.41) is 0. The van der Waals surface area contributed by atoms with Gasteiger partial charge in [-0.25, -0.2) is 9.97 Å². The standard InChI is InChI=1S/C7H6N2O/c1-2-10-4-6-3-8-5-9-7(1)6/h1-3,5H,4H2. The molecule has 0 spiro atoms. The van der Waals surface area contributed by atoms with Crippen molar-refractivity contribution in [2.75, 3.05) is 0 Å². The average molecular weight is 134 g/mol. The average Bonchev–Trinajstić information content (AvgIpc) is 2.05. The van der Waals surface area contributed by atoms with Crippen LogP contribution in [-0.2, 0) is 11.3 Å². The molecule has 1 aliphatic heterocycles. The lowest BCUT2D eigenvalue weighted by atomic mass is 10.2. The fourth-order valence-corrected chi connectivity index (χ4v) is 0.880. The molecule has 2 heterocycles. The maximum absolute atomic E-state index is 5.04. The van der Waals surface area contributed by atoms with Crippen LogP contribution in [0.5, 0.6) is 0 Å². The van der Waals surface area contributed by atoms with Crippen LogP contribution in [0.3, 0.4) is 0 Å². The Kier molecular flexibility index (Phi) is 1.13. The Labute approximate surface area is 58.4 Å². The summed E-state index contributed by atoms with van der Waals surface area (Å²) in [4.78, 5) is 7.91. The minimum absolute atomic E-state index is 0.590. The van der Waals surface area contributed by atoms with Gasteiger partial charge < -0.3 is 4.74 Å². The van der Waals surface area contributed by atoms with Gasteiger partial charge in [-0.2, -0.15) is 0 Å². The van der Waals surface area contributed by atoms with Gasteiger partial charge in [0, 0.05) is 11.8 Å². The number of ether oxygens (including phenoxy) is 1. The van der Waals surface area contributed by atoms with Gasteiger partial charge in [-0.3, -0.25) is 0 Å². The van der Waals surface area contributed by atoms with Crippen LogP contribution in [-0.4, -0.2) is 9.97 Å². The normalized spacial score (nSPS) is 14.0. The fourth-order valence-electron chi connectivity index (χ4n) is 0.880. The quantitative estimate of drug-likeness (QED) is 0.530. The van der Waals surface area contributed by atoms with Gasteiger partial charge in [0.2, 0.25) is 0 Å². The van der Waals surface area contributed by atoms with Crippen molar-refractivity contribution in [1.82, 2.24) is 9.97 Å². The van der Waals surface area contributed by atoms with Gasteiger partial charge in [-0.1, -0.05) is 0 Å². The topological polar surface area (TPSA) is 35.0 Å². The second-order valence-electron chi connectivity index (χ2n) is 2.05. The molecule has 0 bridgehead atoms. The Morgan fingerprint density at radius 2 is 2.50 bits per heavy atom. The van der Waals surface area contributed by atoms with E-state index in [1.165, 1.54) is 6.33 Å². The highest BCUT2D eigenvalue weighted by atomic mass is 16.5. The Bertz CT molecular complexity index is 270. The number of hydrogen-bond donors (Lipinski definition) is 0. The molecule has 0 saturated heterocycles. The summed E-state index contributed by atoms with van der Waals surface area (Å²) in [7, 11) is 0. The first-order valence-corrected chi connectivity index (χ1v) is 3.04. The summed E-state index contributed by atoms with van der Waals surface area (Å²) >= 11 is 0. The van der Waals surface area contributed by atoms with Crippen LogP contribution in [0.25, 0.3) is 6.08 Å². The van der Waals surface area contributed by atoms with E-state index in [1.807, 2.05) is 6.08 Å². The molecule has 50 valence electrons. The van der Waals surface area contributed by atoms with Crippen molar-refractivity contribution < 1.29 is 4.74 Å².